The van der Waals surface area contributed by atoms with Crippen LogP contribution in [-0.2, 0) is 9.59 Å². The Bertz CT molecular complexity index is 2340. The summed E-state index contributed by atoms with van der Waals surface area (Å²) in [5.74, 6) is 1.80. The Balaban J connectivity index is 0.000000243. The van der Waals surface area contributed by atoms with Gasteiger partial charge in [-0.25, -0.2) is 0 Å². The molecule has 2 aliphatic heterocycles. The molecule has 0 saturated carbocycles. The summed E-state index contributed by atoms with van der Waals surface area (Å²) in [7, 11) is 3.26. The van der Waals surface area contributed by atoms with Gasteiger partial charge in [-0.15, -0.1) is 13.2 Å². The van der Waals surface area contributed by atoms with E-state index in [1.807, 2.05) is 126 Å². The molecular weight excluding hydrogens is 713 g/mol. The summed E-state index contributed by atoms with van der Waals surface area (Å²) in [5, 5.41) is 20.3. The second-order valence-corrected chi connectivity index (χ2v) is 14.0. The summed E-state index contributed by atoms with van der Waals surface area (Å²) in [6.07, 6.45) is 1.93. The Hall–Kier alpha value is -6.54. The number of ether oxygens (including phenoxy) is 2. The summed E-state index contributed by atoms with van der Waals surface area (Å²) < 4.78 is 10.9. The number of amides is 2. The van der Waals surface area contributed by atoms with Gasteiger partial charge in [0.1, 0.15) is 23.0 Å². The molecule has 8 nitrogen and oxygen atoms in total. The number of aryl methyl sites for hydroxylation is 4. The number of nitrogens with zero attached hydrogens (tertiary/aromatic N) is 2. The lowest BCUT2D eigenvalue weighted by atomic mass is 9.85. The quantitative estimate of drug-likeness (QED) is 0.0972. The molecule has 2 heterocycles. The highest BCUT2D eigenvalue weighted by Gasteiger charge is 2.45. The molecule has 2 atom stereocenters. The SMILES string of the molecule is C.C=C.C=C1C(=O)N(c2cc(C)c(C)c(OC)c2)[C@H]1c1ccc(C)c(O)c1.COc1cc(N2C(=O)/C(=C\c3ccccc3)[C@@H]2c2ccc(C)c(O)c2)cc(C)c1C. The van der Waals surface area contributed by atoms with Crippen molar-refractivity contribution in [1.82, 2.24) is 0 Å². The Morgan fingerprint density at radius 1 is 0.596 bits per heavy atom. The molecule has 8 heteroatoms. The van der Waals surface area contributed by atoms with Crippen LogP contribution >= 0.6 is 0 Å². The minimum atomic E-state index is -0.281. The third kappa shape index (κ3) is 8.36. The third-order valence-corrected chi connectivity index (χ3v) is 10.5. The monoisotopic (exact) mass is 766 g/mol. The van der Waals surface area contributed by atoms with Crippen LogP contribution in [0.1, 0.15) is 69.6 Å². The van der Waals surface area contributed by atoms with Crippen molar-refractivity contribution in [3.8, 4) is 23.0 Å². The normalized spacial score (nSPS) is 16.3. The number of hydrogen-bond acceptors (Lipinski definition) is 6. The highest BCUT2D eigenvalue weighted by molar-refractivity contribution is 6.18. The van der Waals surface area contributed by atoms with Crippen LogP contribution in [-0.4, -0.2) is 36.2 Å². The van der Waals surface area contributed by atoms with Crippen molar-refractivity contribution in [2.75, 3.05) is 24.0 Å². The smallest absolute Gasteiger partial charge is 0.257 e. The van der Waals surface area contributed by atoms with Crippen LogP contribution in [0.2, 0.25) is 0 Å². The summed E-state index contributed by atoms with van der Waals surface area (Å²) in [6, 6.07) is 28.1. The number of rotatable bonds is 7. The second kappa shape index (κ2) is 17.9. The predicted octanol–water partition coefficient (Wildman–Crippen LogP) is 10.9. The lowest BCUT2D eigenvalue weighted by Crippen LogP contribution is -2.49. The van der Waals surface area contributed by atoms with Gasteiger partial charge in [-0.2, -0.15) is 0 Å². The van der Waals surface area contributed by atoms with Crippen LogP contribution in [0, 0.1) is 41.5 Å². The van der Waals surface area contributed by atoms with E-state index in [1.165, 1.54) is 0 Å². The van der Waals surface area contributed by atoms with Gasteiger partial charge >= 0.3 is 0 Å². The average molecular weight is 767 g/mol. The zero-order chi connectivity index (χ0) is 41.0. The highest BCUT2D eigenvalue weighted by atomic mass is 16.5. The van der Waals surface area contributed by atoms with Crippen molar-refractivity contribution >= 4 is 29.3 Å². The number of carbonyl (C=O) groups is 2. The Morgan fingerprint density at radius 3 is 1.47 bits per heavy atom. The fourth-order valence-corrected chi connectivity index (χ4v) is 6.92. The Labute approximate surface area is 337 Å². The van der Waals surface area contributed by atoms with E-state index < -0.39 is 0 Å². The molecule has 5 aromatic carbocycles. The summed E-state index contributed by atoms with van der Waals surface area (Å²) in [5.41, 5.74) is 11.3. The molecule has 2 fully saturated rings. The molecule has 0 spiro atoms. The van der Waals surface area contributed by atoms with Crippen molar-refractivity contribution < 1.29 is 29.3 Å². The van der Waals surface area contributed by atoms with Gasteiger partial charge < -0.3 is 19.7 Å². The van der Waals surface area contributed by atoms with Crippen LogP contribution in [0.3, 0.4) is 0 Å². The zero-order valence-electron chi connectivity index (χ0n) is 33.4. The fourth-order valence-electron chi connectivity index (χ4n) is 6.92. The first kappa shape index (κ1) is 43.2. The molecule has 0 bridgehead atoms. The first-order valence-electron chi connectivity index (χ1n) is 18.3. The van der Waals surface area contributed by atoms with Crippen LogP contribution in [0.15, 0.2) is 122 Å². The molecule has 2 N–H and O–H groups in total. The summed E-state index contributed by atoms with van der Waals surface area (Å²) >= 11 is 0. The highest BCUT2D eigenvalue weighted by Crippen LogP contribution is 2.47. The molecule has 0 aliphatic carbocycles. The number of anilines is 2. The molecule has 296 valence electrons. The predicted molar refractivity (Wildman–Crippen MR) is 233 cm³/mol. The van der Waals surface area contributed by atoms with Gasteiger partial charge in [0.15, 0.2) is 0 Å². The third-order valence-electron chi connectivity index (χ3n) is 10.5. The molecule has 2 amide bonds. The number of methoxy groups -OCH3 is 2. The molecular formula is C49H54N2O6. The number of phenolic OH excluding ortho intramolecular Hbond substituents is 2. The van der Waals surface area contributed by atoms with Crippen molar-refractivity contribution in [2.24, 2.45) is 0 Å². The van der Waals surface area contributed by atoms with Gasteiger partial charge in [0.2, 0.25) is 0 Å². The molecule has 0 radical (unpaired) electrons. The van der Waals surface area contributed by atoms with Crippen molar-refractivity contribution in [2.45, 2.75) is 61.1 Å². The number of β-lactam (4-membered cyclic amide) rings is 2. The molecule has 2 saturated heterocycles. The lowest BCUT2D eigenvalue weighted by molar-refractivity contribution is -0.119. The van der Waals surface area contributed by atoms with Gasteiger partial charge in [-0.05, 0) is 122 Å². The van der Waals surface area contributed by atoms with E-state index in [0.29, 0.717) is 11.1 Å². The van der Waals surface area contributed by atoms with Gasteiger partial charge in [-0.3, -0.25) is 19.4 Å². The molecule has 2 aliphatic rings. The first-order valence-corrected chi connectivity index (χ1v) is 18.3. The Morgan fingerprint density at radius 2 is 1.04 bits per heavy atom. The van der Waals surface area contributed by atoms with Crippen LogP contribution < -0.4 is 19.3 Å². The summed E-state index contributed by atoms with van der Waals surface area (Å²) in [4.78, 5) is 29.1. The van der Waals surface area contributed by atoms with E-state index in [-0.39, 0.29) is 42.8 Å². The zero-order valence-corrected chi connectivity index (χ0v) is 33.4. The number of hydrogen-bond donors (Lipinski definition) is 2. The maximum absolute atomic E-state index is 13.3. The van der Waals surface area contributed by atoms with Crippen molar-refractivity contribution in [1.29, 1.82) is 0 Å². The number of aromatic hydroxyl groups is 2. The largest absolute Gasteiger partial charge is 0.508 e. The number of carbonyl (C=O) groups excluding carboxylic acids is 2. The van der Waals surface area contributed by atoms with Crippen molar-refractivity contribution in [3.63, 3.8) is 0 Å². The van der Waals surface area contributed by atoms with Crippen LogP contribution in [0.25, 0.3) is 6.08 Å². The first-order chi connectivity index (χ1) is 26.7. The van der Waals surface area contributed by atoms with Gasteiger partial charge in [0.05, 0.1) is 26.3 Å². The van der Waals surface area contributed by atoms with Crippen molar-refractivity contribution in [3.05, 3.63) is 172 Å². The van der Waals surface area contributed by atoms with Gasteiger partial charge in [-0.1, -0.05) is 68.6 Å². The minimum absolute atomic E-state index is 0. The molecule has 7 rings (SSSR count). The Kier molecular flexibility index (Phi) is 13.6. The van der Waals surface area contributed by atoms with E-state index in [0.717, 1.165) is 72.9 Å². The molecule has 0 unspecified atom stereocenters. The van der Waals surface area contributed by atoms with E-state index in [2.05, 4.69) is 19.7 Å². The standard InChI is InChI=1S/C26H25NO3.C20H21NO3.C2H4.CH4/c1-16-10-11-20(14-23(16)28)25-22(13-19-8-6-5-7-9-19)26(29)27(25)21-12-17(2)18(3)24(15-21)30-4;1-11-6-7-15(9-17(11)22)19-14(4)20(23)21(19)16-8-12(2)13(3)18(10-16)24-5;1-2;/h5-15,25,28H,1-4H3;6-10,19,22H,4H2,1-3,5H3;1-2H2;1H4/b22-13-;;;/t25-;19-;;/m01../s1. The average Bonchev–Trinajstić information content (AvgIpc) is 3.20. The van der Waals surface area contributed by atoms with E-state index in [1.54, 1.807) is 36.2 Å². The van der Waals surface area contributed by atoms with Crippen LogP contribution in [0.4, 0.5) is 11.4 Å². The number of phenols is 2. The molecule has 5 aromatic rings. The maximum atomic E-state index is 13.3. The van der Waals surface area contributed by atoms with Crippen LogP contribution in [0.5, 0.6) is 23.0 Å². The minimum Gasteiger partial charge on any atom is -0.508 e. The topological polar surface area (TPSA) is 99.5 Å². The fraction of sp³-hybridized carbons (Fsp3) is 0.224. The number of benzene rings is 5. The van der Waals surface area contributed by atoms with E-state index >= 15 is 0 Å². The molecule has 57 heavy (non-hydrogen) atoms. The van der Waals surface area contributed by atoms with E-state index in [4.69, 9.17) is 9.47 Å². The lowest BCUT2D eigenvalue weighted by Gasteiger charge is -2.43. The summed E-state index contributed by atoms with van der Waals surface area (Å²) in [6.45, 7) is 21.6. The van der Waals surface area contributed by atoms with Gasteiger partial charge in [0.25, 0.3) is 11.8 Å². The van der Waals surface area contributed by atoms with E-state index in [9.17, 15) is 19.8 Å². The second-order valence-electron chi connectivity index (χ2n) is 14.0. The van der Waals surface area contributed by atoms with Gasteiger partial charge in [0, 0.05) is 34.7 Å². The molecule has 0 aromatic heterocycles. The maximum Gasteiger partial charge on any atom is 0.257 e.